The van der Waals surface area contributed by atoms with Crippen LogP contribution in [0.1, 0.15) is 25.6 Å². The first kappa shape index (κ1) is 22.5. The number of aromatic nitrogens is 2. The highest BCUT2D eigenvalue weighted by atomic mass is 32.2. The Morgan fingerprint density at radius 2 is 2.03 bits per heavy atom. The Morgan fingerprint density at radius 1 is 1.23 bits per heavy atom. The predicted octanol–water partition coefficient (Wildman–Crippen LogP) is 2.01. The molecule has 0 unspecified atom stereocenters. The number of hydrogen-bond donors (Lipinski definition) is 1. The van der Waals surface area contributed by atoms with E-state index in [4.69, 9.17) is 19.4 Å². The maximum absolute atomic E-state index is 12.2. The van der Waals surface area contributed by atoms with E-state index in [1.165, 1.54) is 11.8 Å². The van der Waals surface area contributed by atoms with E-state index in [1.54, 1.807) is 6.92 Å². The number of rotatable bonds is 10. The molecule has 162 valence electrons. The molecule has 1 fully saturated rings. The molecule has 0 atom stereocenters. The van der Waals surface area contributed by atoms with Crippen molar-refractivity contribution >= 4 is 34.5 Å². The Labute approximate surface area is 180 Å². The summed E-state index contributed by atoms with van der Waals surface area (Å²) in [6.45, 7) is 6.46. The van der Waals surface area contributed by atoms with Crippen molar-refractivity contribution in [3.63, 3.8) is 0 Å². The summed E-state index contributed by atoms with van der Waals surface area (Å²) in [6, 6.07) is 7.86. The SMILES string of the molecule is CCOC(=O)CCCNC(=O)CSc1nc(CN2CCOCC2)nc2ccccc12. The van der Waals surface area contributed by atoms with Crippen LogP contribution in [0.4, 0.5) is 0 Å². The third kappa shape index (κ3) is 6.93. The third-order valence-electron chi connectivity index (χ3n) is 4.61. The van der Waals surface area contributed by atoms with E-state index in [9.17, 15) is 9.59 Å². The number of thioether (sulfide) groups is 1. The number of fused-ring (bicyclic) bond motifs is 1. The van der Waals surface area contributed by atoms with Crippen molar-refractivity contribution in [3.8, 4) is 0 Å². The average molecular weight is 433 g/mol. The molecule has 2 heterocycles. The molecule has 1 aromatic carbocycles. The van der Waals surface area contributed by atoms with Crippen molar-refractivity contribution in [2.45, 2.75) is 31.3 Å². The molecule has 9 heteroatoms. The lowest BCUT2D eigenvalue weighted by molar-refractivity contribution is -0.143. The molecular formula is C21H28N4O4S. The molecular weight excluding hydrogens is 404 g/mol. The maximum Gasteiger partial charge on any atom is 0.305 e. The Hall–Kier alpha value is -2.23. The van der Waals surface area contributed by atoms with Gasteiger partial charge >= 0.3 is 5.97 Å². The molecule has 1 aromatic heterocycles. The molecule has 8 nitrogen and oxygen atoms in total. The van der Waals surface area contributed by atoms with Gasteiger partial charge in [-0.05, 0) is 19.4 Å². The largest absolute Gasteiger partial charge is 0.466 e. The lowest BCUT2D eigenvalue weighted by Gasteiger charge is -2.25. The minimum atomic E-state index is -0.235. The molecule has 0 saturated carbocycles. The number of benzene rings is 1. The Balaban J connectivity index is 1.56. The smallest absolute Gasteiger partial charge is 0.305 e. The van der Waals surface area contributed by atoms with Crippen molar-refractivity contribution < 1.29 is 19.1 Å². The van der Waals surface area contributed by atoms with E-state index >= 15 is 0 Å². The van der Waals surface area contributed by atoms with Gasteiger partial charge in [-0.1, -0.05) is 30.0 Å². The molecule has 0 bridgehead atoms. The van der Waals surface area contributed by atoms with Crippen LogP contribution in [-0.2, 0) is 25.6 Å². The maximum atomic E-state index is 12.2. The van der Waals surface area contributed by atoms with Crippen LogP contribution in [-0.4, -0.2) is 72.0 Å². The number of nitrogens with one attached hydrogen (secondary N) is 1. The molecule has 1 saturated heterocycles. The third-order valence-corrected chi connectivity index (χ3v) is 5.60. The van der Waals surface area contributed by atoms with Gasteiger partial charge in [0.2, 0.25) is 5.91 Å². The van der Waals surface area contributed by atoms with Crippen molar-refractivity contribution in [2.75, 3.05) is 45.2 Å². The van der Waals surface area contributed by atoms with Gasteiger partial charge in [-0.3, -0.25) is 14.5 Å². The minimum Gasteiger partial charge on any atom is -0.466 e. The highest BCUT2D eigenvalue weighted by molar-refractivity contribution is 8.00. The van der Waals surface area contributed by atoms with Gasteiger partial charge in [-0.2, -0.15) is 0 Å². The number of esters is 1. The summed E-state index contributed by atoms with van der Waals surface area (Å²) in [5.74, 6) is 0.702. The molecule has 0 radical (unpaired) electrons. The van der Waals surface area contributed by atoms with Crippen molar-refractivity contribution in [1.82, 2.24) is 20.2 Å². The van der Waals surface area contributed by atoms with Gasteiger partial charge in [0, 0.05) is 31.4 Å². The summed E-state index contributed by atoms with van der Waals surface area (Å²) in [6.07, 6.45) is 0.873. The first-order valence-electron chi connectivity index (χ1n) is 10.3. The summed E-state index contributed by atoms with van der Waals surface area (Å²) in [5.41, 5.74) is 0.883. The average Bonchev–Trinajstić information content (AvgIpc) is 2.76. The number of hydrogen-bond acceptors (Lipinski definition) is 8. The van der Waals surface area contributed by atoms with E-state index < -0.39 is 0 Å². The van der Waals surface area contributed by atoms with Crippen molar-refractivity contribution in [3.05, 3.63) is 30.1 Å². The molecule has 0 aliphatic carbocycles. The van der Waals surface area contributed by atoms with E-state index in [-0.39, 0.29) is 17.6 Å². The van der Waals surface area contributed by atoms with E-state index in [0.29, 0.717) is 32.5 Å². The number of morpholine rings is 1. The first-order valence-corrected chi connectivity index (χ1v) is 11.2. The number of para-hydroxylation sites is 1. The summed E-state index contributed by atoms with van der Waals surface area (Å²) in [4.78, 5) is 35.3. The van der Waals surface area contributed by atoms with Crippen LogP contribution >= 0.6 is 11.8 Å². The fourth-order valence-electron chi connectivity index (χ4n) is 3.11. The molecule has 3 rings (SSSR count). The van der Waals surface area contributed by atoms with Gasteiger partial charge in [0.05, 0.1) is 37.6 Å². The van der Waals surface area contributed by atoms with Crippen LogP contribution in [0.5, 0.6) is 0 Å². The summed E-state index contributed by atoms with van der Waals surface area (Å²) >= 11 is 1.41. The van der Waals surface area contributed by atoms with E-state index in [2.05, 4.69) is 10.2 Å². The van der Waals surface area contributed by atoms with Crippen LogP contribution in [0, 0.1) is 0 Å². The van der Waals surface area contributed by atoms with Gasteiger partial charge in [-0.25, -0.2) is 9.97 Å². The fourth-order valence-corrected chi connectivity index (χ4v) is 3.98. The van der Waals surface area contributed by atoms with Crippen molar-refractivity contribution in [1.29, 1.82) is 0 Å². The van der Waals surface area contributed by atoms with Gasteiger partial charge in [-0.15, -0.1) is 0 Å². The standard InChI is InChI=1S/C21H28N4O4S/c1-2-29-20(27)8-5-9-22-19(26)15-30-21-16-6-3-4-7-17(16)23-18(24-21)14-25-10-12-28-13-11-25/h3-4,6-7H,2,5,8-15H2,1H3,(H,22,26). The number of ether oxygens (including phenoxy) is 2. The lowest BCUT2D eigenvalue weighted by Crippen LogP contribution is -2.36. The van der Waals surface area contributed by atoms with Gasteiger partial charge in [0.25, 0.3) is 0 Å². The number of nitrogens with zero attached hydrogens (tertiary/aromatic N) is 3. The second kappa shape index (κ2) is 11.8. The molecule has 0 spiro atoms. The zero-order valence-electron chi connectivity index (χ0n) is 17.3. The second-order valence-electron chi connectivity index (χ2n) is 6.90. The zero-order valence-corrected chi connectivity index (χ0v) is 18.1. The van der Waals surface area contributed by atoms with Crippen molar-refractivity contribution in [2.24, 2.45) is 0 Å². The molecule has 1 N–H and O–H groups in total. The molecule has 1 aliphatic rings. The van der Waals surface area contributed by atoms with Crippen LogP contribution in [0.2, 0.25) is 0 Å². The Kier molecular flexibility index (Phi) is 8.85. The zero-order chi connectivity index (χ0) is 21.2. The monoisotopic (exact) mass is 432 g/mol. The first-order chi connectivity index (χ1) is 14.7. The number of amides is 1. The van der Waals surface area contributed by atoms with Crippen LogP contribution < -0.4 is 5.32 Å². The normalized spacial score (nSPS) is 14.6. The summed E-state index contributed by atoms with van der Waals surface area (Å²) < 4.78 is 10.3. The summed E-state index contributed by atoms with van der Waals surface area (Å²) in [7, 11) is 0. The number of carbonyl (C=O) groups excluding carboxylic acids is 2. The van der Waals surface area contributed by atoms with E-state index in [0.717, 1.165) is 48.1 Å². The van der Waals surface area contributed by atoms with Gasteiger partial charge in [0.15, 0.2) is 0 Å². The van der Waals surface area contributed by atoms with E-state index in [1.807, 2.05) is 24.3 Å². The Morgan fingerprint density at radius 3 is 2.83 bits per heavy atom. The fraction of sp³-hybridized carbons (Fsp3) is 0.524. The van der Waals surface area contributed by atoms with Crippen LogP contribution in [0.25, 0.3) is 10.9 Å². The highest BCUT2D eigenvalue weighted by Crippen LogP contribution is 2.25. The van der Waals surface area contributed by atoms with Gasteiger partial charge < -0.3 is 14.8 Å². The molecule has 1 amide bonds. The Bertz CT molecular complexity index is 858. The predicted molar refractivity (Wildman–Crippen MR) is 115 cm³/mol. The van der Waals surface area contributed by atoms with Crippen LogP contribution in [0.15, 0.2) is 29.3 Å². The molecule has 2 aromatic rings. The highest BCUT2D eigenvalue weighted by Gasteiger charge is 2.15. The quantitative estimate of drug-likeness (QED) is 0.264. The second-order valence-corrected chi connectivity index (χ2v) is 7.86. The lowest BCUT2D eigenvalue weighted by atomic mass is 10.2. The molecule has 1 aliphatic heterocycles. The topological polar surface area (TPSA) is 93.6 Å². The summed E-state index contributed by atoms with van der Waals surface area (Å²) in [5, 5.41) is 4.60. The van der Waals surface area contributed by atoms with Gasteiger partial charge in [0.1, 0.15) is 10.9 Å². The molecule has 30 heavy (non-hydrogen) atoms. The number of carbonyl (C=O) groups is 2. The minimum absolute atomic E-state index is 0.0821. The van der Waals surface area contributed by atoms with Crippen LogP contribution in [0.3, 0.4) is 0 Å².